The second-order valence-electron chi connectivity index (χ2n) is 7.02. The third-order valence-corrected chi connectivity index (χ3v) is 6.03. The topological polar surface area (TPSA) is 133 Å². The van der Waals surface area contributed by atoms with Gasteiger partial charge in [0.15, 0.2) is 0 Å². The van der Waals surface area contributed by atoms with Gasteiger partial charge in [-0.1, -0.05) is 24.9 Å². The van der Waals surface area contributed by atoms with Gasteiger partial charge in [0.1, 0.15) is 10.6 Å². The Morgan fingerprint density at radius 2 is 1.74 bits per heavy atom. The SMILES string of the molecule is CCCCN(C)c1ccc(NS(=O)(=O)c2cc(Cl)ccc2OC)cc1C(=O)O.O=C(O)C(F)(F)F. The average Bonchev–Trinajstić information content (AvgIpc) is 2.76. The van der Waals surface area contributed by atoms with E-state index in [1.54, 1.807) is 13.1 Å². The van der Waals surface area contributed by atoms with Gasteiger partial charge in [-0.25, -0.2) is 18.0 Å². The van der Waals surface area contributed by atoms with Crippen LogP contribution in [0.25, 0.3) is 0 Å². The van der Waals surface area contributed by atoms with Crippen molar-refractivity contribution in [1.29, 1.82) is 0 Å². The van der Waals surface area contributed by atoms with Gasteiger partial charge >= 0.3 is 18.1 Å². The predicted octanol–water partition coefficient (Wildman–Crippen LogP) is 4.72. The van der Waals surface area contributed by atoms with Crippen LogP contribution in [-0.4, -0.2) is 57.4 Å². The maximum atomic E-state index is 12.8. The van der Waals surface area contributed by atoms with Crippen LogP contribution in [0.15, 0.2) is 41.3 Å². The Hall–Kier alpha value is -3.19. The molecule has 35 heavy (non-hydrogen) atoms. The molecule has 2 aromatic rings. The maximum Gasteiger partial charge on any atom is 0.490 e. The van der Waals surface area contributed by atoms with Gasteiger partial charge in [-0.05, 0) is 42.8 Å². The van der Waals surface area contributed by atoms with Gasteiger partial charge in [0.2, 0.25) is 0 Å². The fourth-order valence-electron chi connectivity index (χ4n) is 2.69. The van der Waals surface area contributed by atoms with Gasteiger partial charge in [0.25, 0.3) is 10.0 Å². The molecule has 0 aliphatic carbocycles. The van der Waals surface area contributed by atoms with E-state index in [0.717, 1.165) is 12.8 Å². The Kier molecular flexibility index (Phi) is 10.7. The third-order valence-electron chi connectivity index (χ3n) is 4.40. The van der Waals surface area contributed by atoms with E-state index in [0.29, 0.717) is 12.2 Å². The molecule has 194 valence electrons. The normalized spacial score (nSPS) is 11.2. The second-order valence-corrected chi connectivity index (χ2v) is 9.10. The number of rotatable bonds is 9. The Labute approximate surface area is 205 Å². The van der Waals surface area contributed by atoms with Crippen LogP contribution in [0.3, 0.4) is 0 Å². The molecule has 0 fully saturated rings. The number of sulfonamides is 1. The Morgan fingerprint density at radius 3 is 2.23 bits per heavy atom. The van der Waals surface area contributed by atoms with Gasteiger partial charge in [-0.3, -0.25) is 4.72 Å². The molecule has 0 aliphatic heterocycles. The maximum absolute atomic E-state index is 12.8. The number of halogens is 4. The van der Waals surface area contributed by atoms with Crippen LogP contribution in [0.1, 0.15) is 30.1 Å². The van der Waals surface area contributed by atoms with Crippen molar-refractivity contribution in [1.82, 2.24) is 0 Å². The van der Waals surface area contributed by atoms with Crippen molar-refractivity contribution in [3.05, 3.63) is 47.0 Å². The summed E-state index contributed by atoms with van der Waals surface area (Å²) >= 11 is 5.92. The van der Waals surface area contributed by atoms with Crippen LogP contribution < -0.4 is 14.4 Å². The van der Waals surface area contributed by atoms with Crippen molar-refractivity contribution in [2.45, 2.75) is 30.8 Å². The lowest BCUT2D eigenvalue weighted by Crippen LogP contribution is -2.21. The van der Waals surface area contributed by atoms with Crippen LogP contribution in [0.4, 0.5) is 24.5 Å². The second kappa shape index (κ2) is 12.5. The lowest BCUT2D eigenvalue weighted by atomic mass is 10.1. The summed E-state index contributed by atoms with van der Waals surface area (Å²) in [5.41, 5.74) is 0.660. The van der Waals surface area contributed by atoms with Gasteiger partial charge in [0.05, 0.1) is 18.4 Å². The highest BCUT2D eigenvalue weighted by molar-refractivity contribution is 7.92. The first-order chi connectivity index (χ1) is 16.1. The number of hydrogen-bond donors (Lipinski definition) is 3. The summed E-state index contributed by atoms with van der Waals surface area (Å²) in [6, 6.07) is 8.65. The Balaban J connectivity index is 0.000000762. The highest BCUT2D eigenvalue weighted by atomic mass is 35.5. The summed E-state index contributed by atoms with van der Waals surface area (Å²) in [5, 5.41) is 16.9. The Bertz CT molecular complexity index is 1160. The first-order valence-corrected chi connectivity index (χ1v) is 11.7. The number of ether oxygens (including phenoxy) is 1. The molecule has 0 aliphatic rings. The molecule has 0 spiro atoms. The van der Waals surface area contributed by atoms with Crippen molar-refractivity contribution in [3.8, 4) is 5.75 Å². The van der Waals surface area contributed by atoms with E-state index in [1.807, 2.05) is 11.8 Å². The summed E-state index contributed by atoms with van der Waals surface area (Å²) in [4.78, 5) is 22.3. The highest BCUT2D eigenvalue weighted by Gasteiger charge is 2.38. The van der Waals surface area contributed by atoms with E-state index in [4.69, 9.17) is 26.2 Å². The molecule has 2 aromatic carbocycles. The average molecular weight is 541 g/mol. The zero-order valence-electron chi connectivity index (χ0n) is 18.9. The molecule has 0 unspecified atom stereocenters. The smallest absolute Gasteiger partial charge is 0.490 e. The molecule has 9 nitrogen and oxygen atoms in total. The van der Waals surface area contributed by atoms with Crippen molar-refractivity contribution >= 4 is 44.9 Å². The first kappa shape index (κ1) is 29.8. The van der Waals surface area contributed by atoms with Gasteiger partial charge in [-0.15, -0.1) is 0 Å². The predicted molar refractivity (Wildman–Crippen MR) is 124 cm³/mol. The molecule has 0 radical (unpaired) electrons. The minimum absolute atomic E-state index is 0.0110. The number of unbranched alkanes of at least 4 members (excludes halogenated alkanes) is 1. The molecule has 0 atom stereocenters. The van der Waals surface area contributed by atoms with E-state index in [1.165, 1.54) is 37.4 Å². The molecular weight excluding hydrogens is 517 g/mol. The summed E-state index contributed by atoms with van der Waals surface area (Å²) < 4.78 is 64.8. The third kappa shape index (κ3) is 8.83. The minimum atomic E-state index is -5.08. The number of nitrogens with zero attached hydrogens (tertiary/aromatic N) is 1. The number of methoxy groups -OCH3 is 1. The van der Waals surface area contributed by atoms with E-state index < -0.39 is 28.1 Å². The van der Waals surface area contributed by atoms with Crippen LogP contribution in [0.5, 0.6) is 5.75 Å². The summed E-state index contributed by atoms with van der Waals surface area (Å²) in [6.07, 6.45) is -3.19. The number of carbonyl (C=O) groups is 2. The summed E-state index contributed by atoms with van der Waals surface area (Å²) in [7, 11) is -0.878. The fraction of sp³-hybridized carbons (Fsp3) is 0.333. The molecule has 0 saturated carbocycles. The van der Waals surface area contributed by atoms with Gasteiger partial charge < -0.3 is 19.8 Å². The number of hydrogen-bond acceptors (Lipinski definition) is 6. The van der Waals surface area contributed by atoms with Gasteiger partial charge in [0, 0.05) is 24.3 Å². The van der Waals surface area contributed by atoms with Crippen LogP contribution in [0, 0.1) is 0 Å². The number of aromatic carboxylic acids is 1. The lowest BCUT2D eigenvalue weighted by Gasteiger charge is -2.22. The van der Waals surface area contributed by atoms with E-state index >= 15 is 0 Å². The number of alkyl halides is 3. The molecule has 0 amide bonds. The molecule has 0 saturated heterocycles. The number of carboxylic acid groups (broad SMARTS) is 2. The highest BCUT2D eigenvalue weighted by Crippen LogP contribution is 2.30. The molecule has 14 heteroatoms. The molecule has 3 N–H and O–H groups in total. The van der Waals surface area contributed by atoms with E-state index in [-0.39, 0.29) is 26.9 Å². The zero-order valence-corrected chi connectivity index (χ0v) is 20.5. The summed E-state index contributed by atoms with van der Waals surface area (Å²) in [6.45, 7) is 2.75. The van der Waals surface area contributed by atoms with Crippen LogP contribution >= 0.6 is 11.6 Å². The quantitative estimate of drug-likeness (QED) is 0.416. The van der Waals surface area contributed by atoms with Crippen LogP contribution in [-0.2, 0) is 14.8 Å². The van der Waals surface area contributed by atoms with Crippen molar-refractivity contribution < 1.29 is 46.1 Å². The lowest BCUT2D eigenvalue weighted by molar-refractivity contribution is -0.192. The number of nitrogens with one attached hydrogen (secondary N) is 1. The Morgan fingerprint density at radius 1 is 1.14 bits per heavy atom. The largest absolute Gasteiger partial charge is 0.495 e. The van der Waals surface area contributed by atoms with Crippen molar-refractivity contribution in [2.24, 2.45) is 0 Å². The molecule has 0 aromatic heterocycles. The minimum Gasteiger partial charge on any atom is -0.495 e. The standard InChI is InChI=1S/C19H23ClN2O5S.C2HF3O2/c1-4-5-10-22(2)16-8-7-14(12-15(16)19(23)24)21-28(25,26)18-11-13(20)6-9-17(18)27-3;3-2(4,5)1(6)7/h6-9,11-12,21H,4-5,10H2,1-3H3,(H,23,24);(H,6,7). The summed E-state index contributed by atoms with van der Waals surface area (Å²) in [5.74, 6) is -3.77. The number of anilines is 2. The van der Waals surface area contributed by atoms with Crippen LogP contribution in [0.2, 0.25) is 5.02 Å². The molecule has 0 heterocycles. The number of aliphatic carboxylic acids is 1. The number of carboxylic acids is 2. The van der Waals surface area contributed by atoms with Gasteiger partial charge in [-0.2, -0.15) is 13.2 Å². The van der Waals surface area contributed by atoms with E-state index in [2.05, 4.69) is 4.72 Å². The monoisotopic (exact) mass is 540 g/mol. The fourth-order valence-corrected chi connectivity index (χ4v) is 4.17. The van der Waals surface area contributed by atoms with E-state index in [9.17, 15) is 31.5 Å². The first-order valence-electron chi connectivity index (χ1n) is 9.89. The number of benzene rings is 2. The van der Waals surface area contributed by atoms with Crippen molar-refractivity contribution in [2.75, 3.05) is 30.3 Å². The molecular formula is C21H24ClF3N2O7S. The molecule has 2 rings (SSSR count). The zero-order chi connectivity index (χ0) is 27.0. The molecule has 0 bridgehead atoms. The van der Waals surface area contributed by atoms with Crippen molar-refractivity contribution in [3.63, 3.8) is 0 Å².